The number of likely N-dealkylation sites (tertiary alicyclic amines) is 1. The van der Waals surface area contributed by atoms with Gasteiger partial charge in [0.05, 0.1) is 34.7 Å². The van der Waals surface area contributed by atoms with E-state index < -0.39 is 19.7 Å². The lowest BCUT2D eigenvalue weighted by Crippen LogP contribution is -2.45. The SMILES string of the molecule is Cc1nn([C@@H]2CCS(=O)(=O)C2)c(C)c1CN(C)C(=O)C1CCN([C@H]2CCS(=O)(=O)C2)CC1. The molecule has 2 atom stereocenters. The largest absolute Gasteiger partial charge is 0.341 e. The highest BCUT2D eigenvalue weighted by Gasteiger charge is 2.36. The van der Waals surface area contributed by atoms with Crippen molar-refractivity contribution >= 4 is 25.6 Å². The Kier molecular flexibility index (Phi) is 6.45. The fourth-order valence-corrected chi connectivity index (χ4v) is 8.90. The average molecular weight is 487 g/mol. The molecule has 0 aliphatic carbocycles. The molecule has 0 N–H and O–H groups in total. The lowest BCUT2D eigenvalue weighted by Gasteiger charge is -2.36. The number of hydrogen-bond acceptors (Lipinski definition) is 7. The minimum Gasteiger partial charge on any atom is -0.341 e. The number of hydrogen-bond donors (Lipinski definition) is 0. The van der Waals surface area contributed by atoms with E-state index in [1.165, 1.54) is 0 Å². The second-order valence-corrected chi connectivity index (χ2v) is 14.2. The van der Waals surface area contributed by atoms with E-state index in [1.807, 2.05) is 25.6 Å². The molecule has 9 nitrogen and oxygen atoms in total. The molecule has 0 aromatic carbocycles. The van der Waals surface area contributed by atoms with Crippen LogP contribution in [0.2, 0.25) is 0 Å². The first-order valence-corrected chi connectivity index (χ1v) is 15.0. The molecule has 32 heavy (non-hydrogen) atoms. The van der Waals surface area contributed by atoms with Crippen LogP contribution in [-0.4, -0.2) is 91.5 Å². The number of aryl methyl sites for hydroxylation is 1. The standard InChI is InChI=1S/C21H34N4O5S2/c1-15-20(16(2)25(22-15)19-7-11-32(29,30)14-19)12-23(3)21(26)17-4-8-24(9-5-17)18-6-10-31(27,28)13-18/h17-19H,4-14H2,1-3H3/t18-,19+/m0/s1. The third-order valence-corrected chi connectivity index (χ3v) is 10.9. The van der Waals surface area contributed by atoms with Crippen molar-refractivity contribution in [1.29, 1.82) is 0 Å². The molecule has 4 rings (SSSR count). The van der Waals surface area contributed by atoms with E-state index in [1.54, 1.807) is 4.90 Å². The highest BCUT2D eigenvalue weighted by Crippen LogP contribution is 2.29. The Hall–Kier alpha value is -1.46. The minimum absolute atomic E-state index is 0.0510. The van der Waals surface area contributed by atoms with Crippen molar-refractivity contribution in [2.75, 3.05) is 43.1 Å². The topological polar surface area (TPSA) is 110 Å². The van der Waals surface area contributed by atoms with Crippen molar-refractivity contribution < 1.29 is 21.6 Å². The van der Waals surface area contributed by atoms with Crippen LogP contribution < -0.4 is 0 Å². The van der Waals surface area contributed by atoms with Gasteiger partial charge in [-0.2, -0.15) is 5.10 Å². The summed E-state index contributed by atoms with van der Waals surface area (Å²) >= 11 is 0. The van der Waals surface area contributed by atoms with Crippen molar-refractivity contribution in [2.24, 2.45) is 5.92 Å². The van der Waals surface area contributed by atoms with E-state index in [9.17, 15) is 21.6 Å². The van der Waals surface area contributed by atoms with Gasteiger partial charge in [0.25, 0.3) is 0 Å². The molecular formula is C21H34N4O5S2. The quantitative estimate of drug-likeness (QED) is 0.603. The third-order valence-electron chi connectivity index (χ3n) is 7.40. The van der Waals surface area contributed by atoms with Crippen molar-refractivity contribution in [2.45, 2.75) is 58.2 Å². The number of piperidine rings is 1. The van der Waals surface area contributed by atoms with Gasteiger partial charge in [0.15, 0.2) is 19.7 Å². The maximum atomic E-state index is 13.1. The van der Waals surface area contributed by atoms with Crippen LogP contribution in [-0.2, 0) is 31.0 Å². The van der Waals surface area contributed by atoms with Gasteiger partial charge >= 0.3 is 0 Å². The molecular weight excluding hydrogens is 452 g/mol. The molecule has 11 heteroatoms. The zero-order chi connectivity index (χ0) is 23.3. The Morgan fingerprint density at radius 2 is 1.53 bits per heavy atom. The number of aromatic nitrogens is 2. The van der Waals surface area contributed by atoms with E-state index >= 15 is 0 Å². The minimum atomic E-state index is -2.99. The van der Waals surface area contributed by atoms with Gasteiger partial charge in [0.2, 0.25) is 5.91 Å². The maximum absolute atomic E-state index is 13.1. The molecule has 1 amide bonds. The highest BCUT2D eigenvalue weighted by molar-refractivity contribution is 7.91. The van der Waals surface area contributed by atoms with Crippen molar-refractivity contribution in [1.82, 2.24) is 19.6 Å². The Balaban J connectivity index is 1.35. The van der Waals surface area contributed by atoms with E-state index in [2.05, 4.69) is 10.00 Å². The Morgan fingerprint density at radius 1 is 0.969 bits per heavy atom. The maximum Gasteiger partial charge on any atom is 0.225 e. The van der Waals surface area contributed by atoms with Crippen molar-refractivity contribution in [3.63, 3.8) is 0 Å². The van der Waals surface area contributed by atoms with Gasteiger partial charge in [-0.3, -0.25) is 14.4 Å². The van der Waals surface area contributed by atoms with Gasteiger partial charge < -0.3 is 4.90 Å². The third kappa shape index (κ3) is 4.89. The van der Waals surface area contributed by atoms with Gasteiger partial charge in [0, 0.05) is 36.8 Å². The molecule has 0 spiro atoms. The molecule has 3 fully saturated rings. The first-order chi connectivity index (χ1) is 15.0. The van der Waals surface area contributed by atoms with Crippen LogP contribution in [0.15, 0.2) is 0 Å². The van der Waals surface area contributed by atoms with E-state index in [0.717, 1.165) is 42.9 Å². The second-order valence-electron chi connectivity index (χ2n) is 9.71. The Bertz CT molecular complexity index is 1090. The molecule has 0 saturated carbocycles. The summed E-state index contributed by atoms with van der Waals surface area (Å²) in [4.78, 5) is 17.1. The molecule has 180 valence electrons. The Labute approximate surface area is 191 Å². The first kappa shape index (κ1) is 23.7. The fraction of sp³-hybridized carbons (Fsp3) is 0.810. The lowest BCUT2D eigenvalue weighted by molar-refractivity contribution is -0.136. The predicted octanol–water partition coefficient (Wildman–Crippen LogP) is 0.717. The number of carbonyl (C=O) groups excluding carboxylic acids is 1. The van der Waals surface area contributed by atoms with E-state index in [4.69, 9.17) is 0 Å². The lowest BCUT2D eigenvalue weighted by atomic mass is 9.94. The summed E-state index contributed by atoms with van der Waals surface area (Å²) in [6, 6.07) is -0.0264. The Morgan fingerprint density at radius 3 is 2.06 bits per heavy atom. The summed E-state index contributed by atoms with van der Waals surface area (Å²) in [6.07, 6.45) is 2.78. The summed E-state index contributed by atoms with van der Waals surface area (Å²) in [5.74, 6) is 0.914. The first-order valence-electron chi connectivity index (χ1n) is 11.4. The van der Waals surface area contributed by atoms with E-state index in [-0.39, 0.29) is 46.9 Å². The summed E-state index contributed by atoms with van der Waals surface area (Å²) in [5.41, 5.74) is 2.75. The zero-order valence-corrected chi connectivity index (χ0v) is 20.8. The summed E-state index contributed by atoms with van der Waals surface area (Å²) in [7, 11) is -4.08. The zero-order valence-electron chi connectivity index (χ0n) is 19.2. The number of sulfone groups is 2. The molecule has 4 heterocycles. The van der Waals surface area contributed by atoms with Gasteiger partial charge in [0.1, 0.15) is 0 Å². The van der Waals surface area contributed by atoms with Crippen LogP contribution in [0.1, 0.15) is 48.7 Å². The van der Waals surface area contributed by atoms with Crippen LogP contribution in [0.5, 0.6) is 0 Å². The molecule has 1 aromatic heterocycles. The number of nitrogens with zero attached hydrogens (tertiary/aromatic N) is 4. The monoisotopic (exact) mass is 486 g/mol. The predicted molar refractivity (Wildman–Crippen MR) is 122 cm³/mol. The fourth-order valence-electron chi connectivity index (χ4n) is 5.45. The average Bonchev–Trinajstić information content (AvgIpc) is 3.37. The summed E-state index contributed by atoms with van der Waals surface area (Å²) < 4.78 is 49.1. The number of amides is 1. The molecule has 0 radical (unpaired) electrons. The molecule has 3 saturated heterocycles. The van der Waals surface area contributed by atoms with E-state index in [0.29, 0.717) is 19.4 Å². The van der Waals surface area contributed by atoms with Gasteiger partial charge in [-0.15, -0.1) is 0 Å². The van der Waals surface area contributed by atoms with Crippen LogP contribution in [0, 0.1) is 19.8 Å². The molecule has 0 bridgehead atoms. The van der Waals surface area contributed by atoms with Crippen molar-refractivity contribution in [3.05, 3.63) is 17.0 Å². The molecule has 1 aromatic rings. The normalized spacial score (nSPS) is 28.2. The number of rotatable bonds is 5. The van der Waals surface area contributed by atoms with Gasteiger partial charge in [-0.05, 0) is 52.6 Å². The smallest absolute Gasteiger partial charge is 0.225 e. The van der Waals surface area contributed by atoms with Crippen LogP contribution in [0.25, 0.3) is 0 Å². The highest BCUT2D eigenvalue weighted by atomic mass is 32.2. The molecule has 3 aliphatic rings. The van der Waals surface area contributed by atoms with Crippen molar-refractivity contribution in [3.8, 4) is 0 Å². The van der Waals surface area contributed by atoms with Gasteiger partial charge in [-0.25, -0.2) is 16.8 Å². The summed E-state index contributed by atoms with van der Waals surface area (Å²) in [6.45, 7) is 5.84. The number of carbonyl (C=O) groups is 1. The summed E-state index contributed by atoms with van der Waals surface area (Å²) in [5, 5.41) is 4.61. The molecule has 3 aliphatic heterocycles. The second kappa shape index (κ2) is 8.72. The van der Waals surface area contributed by atoms with Crippen LogP contribution >= 0.6 is 0 Å². The van der Waals surface area contributed by atoms with Gasteiger partial charge in [-0.1, -0.05) is 0 Å². The van der Waals surface area contributed by atoms with Crippen LogP contribution in [0.3, 0.4) is 0 Å². The molecule has 0 unspecified atom stereocenters. The van der Waals surface area contributed by atoms with Crippen LogP contribution in [0.4, 0.5) is 0 Å².